The van der Waals surface area contributed by atoms with Gasteiger partial charge in [0.05, 0.1) is 12.8 Å². The smallest absolute Gasteiger partial charge is 0.162 e. The average molecular weight is 227 g/mol. The van der Waals surface area contributed by atoms with E-state index in [0.717, 1.165) is 11.3 Å². The third-order valence-electron chi connectivity index (χ3n) is 2.75. The fourth-order valence-corrected chi connectivity index (χ4v) is 1.98. The fourth-order valence-electron chi connectivity index (χ4n) is 1.98. The van der Waals surface area contributed by atoms with E-state index in [1.807, 2.05) is 23.8 Å². The van der Waals surface area contributed by atoms with Crippen molar-refractivity contribution in [1.82, 2.24) is 4.57 Å². The van der Waals surface area contributed by atoms with Crippen molar-refractivity contribution < 1.29 is 9.21 Å². The van der Waals surface area contributed by atoms with Crippen LogP contribution in [0.2, 0.25) is 0 Å². The van der Waals surface area contributed by atoms with E-state index in [2.05, 4.69) is 5.92 Å². The highest BCUT2D eigenvalue weighted by Gasteiger charge is 2.18. The number of carbonyl (C=O) groups excluding carboxylic acids is 1. The molecule has 0 aliphatic carbocycles. The van der Waals surface area contributed by atoms with Crippen LogP contribution in [0.3, 0.4) is 0 Å². The van der Waals surface area contributed by atoms with Crippen molar-refractivity contribution >= 4 is 5.78 Å². The van der Waals surface area contributed by atoms with Gasteiger partial charge in [0.25, 0.3) is 0 Å². The van der Waals surface area contributed by atoms with Gasteiger partial charge in [0, 0.05) is 23.0 Å². The standard InChI is InChI=1S/C14H13NO2/c1-4-7-15-9-12(13-6-5-8-17-13)14(10(15)2)11(3)16/h1,5-6,8-9H,7H2,2-3H3. The summed E-state index contributed by atoms with van der Waals surface area (Å²) < 4.78 is 7.22. The van der Waals surface area contributed by atoms with Gasteiger partial charge in [-0.15, -0.1) is 6.42 Å². The van der Waals surface area contributed by atoms with E-state index in [9.17, 15) is 4.79 Å². The van der Waals surface area contributed by atoms with Gasteiger partial charge in [-0.25, -0.2) is 0 Å². The van der Waals surface area contributed by atoms with Crippen molar-refractivity contribution in [3.8, 4) is 23.7 Å². The predicted molar refractivity (Wildman–Crippen MR) is 65.7 cm³/mol. The van der Waals surface area contributed by atoms with Gasteiger partial charge in [0.2, 0.25) is 0 Å². The molecule has 17 heavy (non-hydrogen) atoms. The Balaban J connectivity index is 2.63. The Kier molecular flexibility index (Phi) is 2.88. The summed E-state index contributed by atoms with van der Waals surface area (Å²) in [6.07, 6.45) is 8.76. The summed E-state index contributed by atoms with van der Waals surface area (Å²) in [4.78, 5) is 11.7. The van der Waals surface area contributed by atoms with Gasteiger partial charge in [-0.1, -0.05) is 5.92 Å². The minimum Gasteiger partial charge on any atom is -0.464 e. The molecule has 0 fully saturated rings. The number of nitrogens with zero attached hydrogens (tertiary/aromatic N) is 1. The van der Waals surface area contributed by atoms with Crippen molar-refractivity contribution in [3.63, 3.8) is 0 Å². The second-order valence-corrected chi connectivity index (χ2v) is 3.87. The lowest BCUT2D eigenvalue weighted by molar-refractivity contribution is 0.101. The molecule has 0 atom stereocenters. The Bertz CT molecular complexity index is 583. The molecule has 86 valence electrons. The highest BCUT2D eigenvalue weighted by Crippen LogP contribution is 2.28. The molecular weight excluding hydrogens is 214 g/mol. The van der Waals surface area contributed by atoms with Gasteiger partial charge in [-0.3, -0.25) is 4.79 Å². The van der Waals surface area contributed by atoms with Crippen LogP contribution in [-0.2, 0) is 6.54 Å². The summed E-state index contributed by atoms with van der Waals surface area (Å²) in [6.45, 7) is 3.89. The summed E-state index contributed by atoms with van der Waals surface area (Å²) in [5.41, 5.74) is 2.35. The molecule has 0 aliphatic heterocycles. The monoisotopic (exact) mass is 227 g/mol. The van der Waals surface area contributed by atoms with Crippen LogP contribution in [0.4, 0.5) is 0 Å². The number of hydrogen-bond acceptors (Lipinski definition) is 2. The Morgan fingerprint density at radius 3 is 2.88 bits per heavy atom. The molecule has 0 aliphatic rings. The molecule has 2 aromatic rings. The highest BCUT2D eigenvalue weighted by molar-refractivity contribution is 6.01. The minimum atomic E-state index is 0.0182. The number of furan rings is 1. The van der Waals surface area contributed by atoms with E-state index in [0.29, 0.717) is 17.9 Å². The zero-order valence-corrected chi connectivity index (χ0v) is 9.86. The topological polar surface area (TPSA) is 35.1 Å². The van der Waals surface area contributed by atoms with Crippen LogP contribution in [0.5, 0.6) is 0 Å². The summed E-state index contributed by atoms with van der Waals surface area (Å²) in [7, 11) is 0. The first-order valence-electron chi connectivity index (χ1n) is 5.33. The molecule has 2 aromatic heterocycles. The van der Waals surface area contributed by atoms with Crippen LogP contribution in [0.1, 0.15) is 23.0 Å². The number of Topliss-reactive ketones (excluding diaryl/α,β-unsaturated/α-hetero) is 1. The summed E-state index contributed by atoms with van der Waals surface area (Å²) in [6, 6.07) is 3.63. The van der Waals surface area contributed by atoms with Crippen LogP contribution in [0.15, 0.2) is 29.0 Å². The normalized spacial score (nSPS) is 10.2. The summed E-state index contributed by atoms with van der Waals surface area (Å²) >= 11 is 0. The van der Waals surface area contributed by atoms with Crippen LogP contribution < -0.4 is 0 Å². The van der Waals surface area contributed by atoms with Gasteiger partial charge in [-0.05, 0) is 26.0 Å². The molecule has 0 unspecified atom stereocenters. The summed E-state index contributed by atoms with van der Waals surface area (Å²) in [5.74, 6) is 3.28. The van der Waals surface area contributed by atoms with Crippen molar-refractivity contribution in [3.05, 3.63) is 35.9 Å². The zero-order valence-electron chi connectivity index (χ0n) is 9.86. The molecule has 0 saturated heterocycles. The highest BCUT2D eigenvalue weighted by atomic mass is 16.3. The molecule has 0 aromatic carbocycles. The number of aromatic nitrogens is 1. The first-order valence-corrected chi connectivity index (χ1v) is 5.33. The average Bonchev–Trinajstić information content (AvgIpc) is 2.87. The number of carbonyl (C=O) groups is 1. The van der Waals surface area contributed by atoms with E-state index in [1.165, 1.54) is 0 Å². The lowest BCUT2D eigenvalue weighted by Gasteiger charge is -2.00. The van der Waals surface area contributed by atoms with E-state index in [1.54, 1.807) is 19.3 Å². The molecule has 2 rings (SSSR count). The Morgan fingerprint density at radius 1 is 1.59 bits per heavy atom. The predicted octanol–water partition coefficient (Wildman–Crippen LogP) is 2.89. The van der Waals surface area contributed by atoms with E-state index in [-0.39, 0.29) is 5.78 Å². The molecule has 0 N–H and O–H groups in total. The quantitative estimate of drug-likeness (QED) is 0.597. The molecule has 0 bridgehead atoms. The first-order chi connectivity index (χ1) is 8.15. The van der Waals surface area contributed by atoms with Crippen molar-refractivity contribution in [2.75, 3.05) is 0 Å². The zero-order chi connectivity index (χ0) is 12.4. The van der Waals surface area contributed by atoms with E-state index in [4.69, 9.17) is 10.8 Å². The molecule has 0 radical (unpaired) electrons. The number of ketones is 1. The SMILES string of the molecule is C#CCn1cc(-c2ccco2)c(C(C)=O)c1C. The van der Waals surface area contributed by atoms with E-state index >= 15 is 0 Å². The van der Waals surface area contributed by atoms with E-state index < -0.39 is 0 Å². The number of rotatable bonds is 3. The second-order valence-electron chi connectivity index (χ2n) is 3.87. The van der Waals surface area contributed by atoms with Crippen LogP contribution in [0, 0.1) is 19.3 Å². The van der Waals surface area contributed by atoms with Gasteiger partial charge in [-0.2, -0.15) is 0 Å². The molecule has 3 heteroatoms. The molecule has 0 amide bonds. The first kappa shape index (κ1) is 11.3. The number of terminal acetylenes is 1. The third-order valence-corrected chi connectivity index (χ3v) is 2.75. The van der Waals surface area contributed by atoms with Crippen LogP contribution >= 0.6 is 0 Å². The molecule has 0 saturated carbocycles. The Labute approximate surface area is 100 Å². The van der Waals surface area contributed by atoms with Gasteiger partial charge in [0.15, 0.2) is 5.78 Å². The van der Waals surface area contributed by atoms with Gasteiger partial charge in [0.1, 0.15) is 5.76 Å². The van der Waals surface area contributed by atoms with Gasteiger partial charge < -0.3 is 8.98 Å². The molecule has 2 heterocycles. The number of hydrogen-bond donors (Lipinski definition) is 0. The lowest BCUT2D eigenvalue weighted by Crippen LogP contribution is -2.00. The summed E-state index contributed by atoms with van der Waals surface area (Å²) in [5, 5.41) is 0. The minimum absolute atomic E-state index is 0.0182. The lowest BCUT2D eigenvalue weighted by atomic mass is 10.1. The maximum atomic E-state index is 11.7. The fraction of sp³-hybridized carbons (Fsp3) is 0.214. The maximum Gasteiger partial charge on any atom is 0.162 e. The Hall–Kier alpha value is -2.21. The second kappa shape index (κ2) is 4.34. The van der Waals surface area contributed by atoms with Gasteiger partial charge >= 0.3 is 0 Å². The van der Waals surface area contributed by atoms with Crippen molar-refractivity contribution in [2.45, 2.75) is 20.4 Å². The maximum absolute atomic E-state index is 11.7. The molecule has 3 nitrogen and oxygen atoms in total. The van der Waals surface area contributed by atoms with Crippen molar-refractivity contribution in [2.24, 2.45) is 0 Å². The third kappa shape index (κ3) is 1.90. The largest absolute Gasteiger partial charge is 0.464 e. The molecular formula is C14H13NO2. The van der Waals surface area contributed by atoms with Crippen LogP contribution in [-0.4, -0.2) is 10.4 Å². The van der Waals surface area contributed by atoms with Crippen LogP contribution in [0.25, 0.3) is 11.3 Å². The van der Waals surface area contributed by atoms with Crippen molar-refractivity contribution in [1.29, 1.82) is 0 Å². The Morgan fingerprint density at radius 2 is 2.35 bits per heavy atom. The molecule has 0 spiro atoms.